The zero-order valence-corrected chi connectivity index (χ0v) is 9.59. The van der Waals surface area contributed by atoms with Crippen LogP contribution in [-0.2, 0) is 6.18 Å². The Balaban J connectivity index is 2.20. The number of anilines is 1. The Morgan fingerprint density at radius 2 is 2.12 bits per heavy atom. The molecule has 0 aromatic heterocycles. The van der Waals surface area contributed by atoms with E-state index < -0.39 is 11.7 Å². The highest BCUT2D eigenvalue weighted by atomic mass is 19.4. The van der Waals surface area contributed by atoms with E-state index in [4.69, 9.17) is 0 Å². The van der Waals surface area contributed by atoms with Crippen LogP contribution in [0, 0.1) is 0 Å². The number of likely N-dealkylation sites (N-methyl/N-ethyl adjacent to an activating group) is 1. The van der Waals surface area contributed by atoms with Crippen molar-refractivity contribution in [2.24, 2.45) is 0 Å². The maximum atomic E-state index is 12.6. The first-order chi connectivity index (χ1) is 7.98. The minimum atomic E-state index is -4.27. The Bertz CT molecular complexity index is 384. The molecule has 1 aliphatic heterocycles. The monoisotopic (exact) mass is 244 g/mol. The van der Waals surface area contributed by atoms with Gasteiger partial charge in [0.2, 0.25) is 0 Å². The molecule has 0 aliphatic carbocycles. The average Bonchev–Trinajstić information content (AvgIpc) is 2.80. The lowest BCUT2D eigenvalue weighted by Crippen LogP contribution is -2.33. The van der Waals surface area contributed by atoms with Crippen molar-refractivity contribution in [2.75, 3.05) is 25.0 Å². The number of hydrogen-bond acceptors (Lipinski definition) is 2. The second-order valence-corrected chi connectivity index (χ2v) is 4.31. The van der Waals surface area contributed by atoms with E-state index in [0.29, 0.717) is 5.69 Å². The molecular formula is C12H15F3N2. The summed E-state index contributed by atoms with van der Waals surface area (Å²) in [6, 6.07) is 5.76. The summed E-state index contributed by atoms with van der Waals surface area (Å²) < 4.78 is 37.7. The van der Waals surface area contributed by atoms with Gasteiger partial charge in [-0.25, -0.2) is 0 Å². The quantitative estimate of drug-likeness (QED) is 0.860. The lowest BCUT2D eigenvalue weighted by molar-refractivity contribution is -0.137. The predicted molar refractivity (Wildman–Crippen MR) is 61.1 cm³/mol. The smallest absolute Gasteiger partial charge is 0.370 e. The number of hydrogen-bond donors (Lipinski definition) is 1. The normalized spacial score (nSPS) is 20.6. The molecule has 1 fully saturated rings. The molecule has 0 spiro atoms. The summed E-state index contributed by atoms with van der Waals surface area (Å²) in [6.45, 7) is 1.75. The third kappa shape index (κ3) is 2.72. The highest BCUT2D eigenvalue weighted by Crippen LogP contribution is 2.32. The molecule has 5 heteroatoms. The molecule has 0 radical (unpaired) electrons. The van der Waals surface area contributed by atoms with Crippen molar-refractivity contribution >= 4 is 5.69 Å². The van der Waals surface area contributed by atoms with E-state index in [2.05, 4.69) is 5.32 Å². The number of nitrogens with zero attached hydrogens (tertiary/aromatic N) is 1. The minimum Gasteiger partial charge on any atom is -0.370 e. The molecule has 1 atom stereocenters. The highest BCUT2D eigenvalue weighted by Gasteiger charge is 2.31. The van der Waals surface area contributed by atoms with E-state index in [0.717, 1.165) is 25.6 Å². The second-order valence-electron chi connectivity index (χ2n) is 4.31. The first-order valence-electron chi connectivity index (χ1n) is 5.59. The van der Waals surface area contributed by atoms with Crippen LogP contribution in [0.1, 0.15) is 12.0 Å². The number of nitrogens with one attached hydrogen (secondary N) is 1. The van der Waals surface area contributed by atoms with Crippen molar-refractivity contribution in [3.63, 3.8) is 0 Å². The molecule has 17 heavy (non-hydrogen) atoms. The van der Waals surface area contributed by atoms with E-state index in [1.807, 2.05) is 11.9 Å². The topological polar surface area (TPSA) is 15.3 Å². The Kier molecular flexibility index (Phi) is 3.28. The second kappa shape index (κ2) is 4.56. The van der Waals surface area contributed by atoms with Crippen LogP contribution in [0.4, 0.5) is 18.9 Å². The number of benzene rings is 1. The number of alkyl halides is 3. The average molecular weight is 244 g/mol. The third-order valence-electron chi connectivity index (χ3n) is 3.16. The molecule has 0 unspecified atom stereocenters. The predicted octanol–water partition coefficient (Wildman–Crippen LogP) is 2.50. The van der Waals surface area contributed by atoms with Gasteiger partial charge < -0.3 is 10.2 Å². The van der Waals surface area contributed by atoms with Gasteiger partial charge in [-0.15, -0.1) is 0 Å². The van der Waals surface area contributed by atoms with Gasteiger partial charge in [0.05, 0.1) is 5.56 Å². The van der Waals surface area contributed by atoms with Crippen LogP contribution < -0.4 is 10.2 Å². The van der Waals surface area contributed by atoms with Crippen LogP contribution in [0.5, 0.6) is 0 Å². The summed E-state index contributed by atoms with van der Waals surface area (Å²) in [5.74, 6) is 0. The largest absolute Gasteiger partial charge is 0.416 e. The number of halogens is 3. The van der Waals surface area contributed by atoms with Gasteiger partial charge in [-0.2, -0.15) is 13.2 Å². The molecule has 0 amide bonds. The van der Waals surface area contributed by atoms with Gasteiger partial charge in [0.25, 0.3) is 0 Å². The Labute approximate surface area is 98.4 Å². The van der Waals surface area contributed by atoms with Crippen molar-refractivity contribution in [1.29, 1.82) is 0 Å². The van der Waals surface area contributed by atoms with Gasteiger partial charge in [-0.1, -0.05) is 6.07 Å². The number of rotatable bonds is 2. The summed E-state index contributed by atoms with van der Waals surface area (Å²) in [5, 5.41) is 3.20. The minimum absolute atomic E-state index is 0.276. The van der Waals surface area contributed by atoms with Crippen LogP contribution in [0.15, 0.2) is 24.3 Å². The van der Waals surface area contributed by atoms with E-state index in [-0.39, 0.29) is 6.04 Å². The van der Waals surface area contributed by atoms with Crippen molar-refractivity contribution in [3.05, 3.63) is 29.8 Å². The Morgan fingerprint density at radius 1 is 1.35 bits per heavy atom. The molecule has 0 bridgehead atoms. The van der Waals surface area contributed by atoms with E-state index in [1.54, 1.807) is 6.07 Å². The Hall–Kier alpha value is -1.23. The SMILES string of the molecule is CN(c1cccc(C(F)(F)F)c1)[C@H]1CCNC1. The first kappa shape index (κ1) is 12.2. The molecule has 1 aromatic carbocycles. The van der Waals surface area contributed by atoms with Crippen LogP contribution in [0.25, 0.3) is 0 Å². The fourth-order valence-electron chi connectivity index (χ4n) is 2.08. The van der Waals surface area contributed by atoms with Crippen LogP contribution in [0.2, 0.25) is 0 Å². The first-order valence-corrected chi connectivity index (χ1v) is 5.59. The zero-order valence-electron chi connectivity index (χ0n) is 9.59. The highest BCUT2D eigenvalue weighted by molar-refractivity contribution is 5.49. The van der Waals surface area contributed by atoms with Gasteiger partial charge in [0, 0.05) is 25.3 Å². The fraction of sp³-hybridized carbons (Fsp3) is 0.500. The van der Waals surface area contributed by atoms with Crippen LogP contribution in [-0.4, -0.2) is 26.2 Å². The molecule has 1 heterocycles. The van der Waals surface area contributed by atoms with Crippen molar-refractivity contribution < 1.29 is 13.2 Å². The molecule has 94 valence electrons. The van der Waals surface area contributed by atoms with E-state index in [1.165, 1.54) is 12.1 Å². The molecule has 2 rings (SSSR count). The van der Waals surface area contributed by atoms with Gasteiger partial charge in [-0.05, 0) is 31.2 Å². The molecular weight excluding hydrogens is 229 g/mol. The van der Waals surface area contributed by atoms with Crippen molar-refractivity contribution in [3.8, 4) is 0 Å². The molecule has 0 saturated carbocycles. The van der Waals surface area contributed by atoms with Gasteiger partial charge in [0.15, 0.2) is 0 Å². The van der Waals surface area contributed by atoms with Gasteiger partial charge >= 0.3 is 6.18 Å². The molecule has 1 saturated heterocycles. The lowest BCUT2D eigenvalue weighted by atomic mass is 10.1. The summed E-state index contributed by atoms with van der Waals surface area (Å²) in [7, 11) is 1.84. The van der Waals surface area contributed by atoms with Gasteiger partial charge in [0.1, 0.15) is 0 Å². The Morgan fingerprint density at radius 3 is 2.71 bits per heavy atom. The summed E-state index contributed by atoms with van der Waals surface area (Å²) in [5.41, 5.74) is 0.0290. The summed E-state index contributed by atoms with van der Waals surface area (Å²) in [4.78, 5) is 1.91. The lowest BCUT2D eigenvalue weighted by Gasteiger charge is -2.26. The molecule has 1 aliphatic rings. The van der Waals surface area contributed by atoms with Gasteiger partial charge in [-0.3, -0.25) is 0 Å². The molecule has 1 N–H and O–H groups in total. The third-order valence-corrected chi connectivity index (χ3v) is 3.16. The maximum Gasteiger partial charge on any atom is 0.416 e. The molecule has 2 nitrogen and oxygen atoms in total. The zero-order chi connectivity index (χ0) is 12.5. The fourth-order valence-corrected chi connectivity index (χ4v) is 2.08. The van der Waals surface area contributed by atoms with Crippen molar-refractivity contribution in [1.82, 2.24) is 5.32 Å². The summed E-state index contributed by atoms with van der Waals surface area (Å²) >= 11 is 0. The van der Waals surface area contributed by atoms with Crippen LogP contribution >= 0.6 is 0 Å². The van der Waals surface area contributed by atoms with E-state index >= 15 is 0 Å². The van der Waals surface area contributed by atoms with Crippen LogP contribution in [0.3, 0.4) is 0 Å². The van der Waals surface area contributed by atoms with E-state index in [9.17, 15) is 13.2 Å². The maximum absolute atomic E-state index is 12.6. The molecule has 1 aromatic rings. The van der Waals surface area contributed by atoms with Crippen molar-refractivity contribution in [2.45, 2.75) is 18.6 Å². The standard InChI is InChI=1S/C12H15F3N2/c1-17(11-5-6-16-8-11)10-4-2-3-9(7-10)12(13,14)15/h2-4,7,11,16H,5-6,8H2,1H3/t11-/m0/s1. The summed E-state index contributed by atoms with van der Waals surface area (Å²) in [6.07, 6.45) is -3.31.